The monoisotopic (exact) mass is 274 g/mol. The Labute approximate surface area is 110 Å². The van der Waals surface area contributed by atoms with E-state index < -0.39 is 29.7 Å². The lowest BCUT2D eigenvalue weighted by Crippen LogP contribution is -2.49. The Kier molecular flexibility index (Phi) is 7.85. The molecule has 0 aromatic carbocycles. The molecule has 9 heteroatoms. The number of methoxy groups -OCH3 is 1. The number of nitrogens with one attached hydrogen (secondary N) is 3. The topological polar surface area (TPSA) is 140 Å². The minimum absolute atomic E-state index is 0.220. The molecular formula is C10H18N4O5. The van der Waals surface area contributed by atoms with Crippen LogP contribution in [0.2, 0.25) is 0 Å². The van der Waals surface area contributed by atoms with E-state index in [0.29, 0.717) is 0 Å². The molecule has 5 N–H and O–H groups in total. The van der Waals surface area contributed by atoms with Crippen LogP contribution >= 0.6 is 0 Å². The van der Waals surface area contributed by atoms with E-state index in [-0.39, 0.29) is 19.6 Å². The predicted octanol–water partition coefficient (Wildman–Crippen LogP) is -3.14. The predicted molar refractivity (Wildman–Crippen MR) is 64.7 cm³/mol. The Balaban J connectivity index is 3.97. The number of hydrogen-bond acceptors (Lipinski definition) is 6. The summed E-state index contributed by atoms with van der Waals surface area (Å²) < 4.78 is 4.34. The minimum atomic E-state index is -0.841. The second-order valence-electron chi connectivity index (χ2n) is 3.56. The summed E-state index contributed by atoms with van der Waals surface area (Å²) in [6, 6.07) is -0.841. The number of nitrogens with two attached hydrogens (primary N) is 1. The zero-order valence-electron chi connectivity index (χ0n) is 10.8. The molecule has 0 aliphatic carbocycles. The fourth-order valence-electron chi connectivity index (χ4n) is 0.994. The lowest BCUT2D eigenvalue weighted by molar-refractivity contribution is -0.141. The van der Waals surface area contributed by atoms with Gasteiger partial charge < -0.3 is 26.4 Å². The SMILES string of the molecule is COC(=O)CNC(=O)[C@H](C)NC(=O)CNC(=O)CN. The molecule has 19 heavy (non-hydrogen) atoms. The molecule has 0 fully saturated rings. The summed E-state index contributed by atoms with van der Waals surface area (Å²) in [6.07, 6.45) is 0. The van der Waals surface area contributed by atoms with E-state index in [1.807, 2.05) is 0 Å². The Bertz CT molecular complexity index is 358. The average molecular weight is 274 g/mol. The highest BCUT2D eigenvalue weighted by atomic mass is 16.5. The molecule has 0 bridgehead atoms. The summed E-state index contributed by atoms with van der Waals surface area (Å²) in [5.74, 6) is -2.15. The fraction of sp³-hybridized carbons (Fsp3) is 0.600. The molecular weight excluding hydrogens is 256 g/mol. The molecule has 0 heterocycles. The molecule has 0 aliphatic rings. The summed E-state index contributed by atoms with van der Waals surface area (Å²) in [6.45, 7) is 0.668. The van der Waals surface area contributed by atoms with Gasteiger partial charge in [-0.15, -0.1) is 0 Å². The van der Waals surface area contributed by atoms with Gasteiger partial charge in [0, 0.05) is 0 Å². The molecule has 0 unspecified atom stereocenters. The van der Waals surface area contributed by atoms with Gasteiger partial charge in [0.15, 0.2) is 0 Å². The maximum Gasteiger partial charge on any atom is 0.325 e. The maximum atomic E-state index is 11.5. The maximum absolute atomic E-state index is 11.5. The molecule has 0 aromatic heterocycles. The molecule has 0 rings (SSSR count). The number of carbonyl (C=O) groups excluding carboxylic acids is 4. The third kappa shape index (κ3) is 7.71. The molecule has 1 atom stereocenters. The highest BCUT2D eigenvalue weighted by Gasteiger charge is 2.16. The minimum Gasteiger partial charge on any atom is -0.468 e. The third-order valence-electron chi connectivity index (χ3n) is 2.04. The summed E-state index contributed by atoms with van der Waals surface area (Å²) >= 11 is 0. The van der Waals surface area contributed by atoms with E-state index in [0.717, 1.165) is 0 Å². The van der Waals surface area contributed by atoms with Gasteiger partial charge in [0.25, 0.3) is 0 Å². The first-order valence-electron chi connectivity index (χ1n) is 5.51. The van der Waals surface area contributed by atoms with Gasteiger partial charge in [0.2, 0.25) is 17.7 Å². The quantitative estimate of drug-likeness (QED) is 0.362. The van der Waals surface area contributed by atoms with Gasteiger partial charge in [0.05, 0.1) is 20.2 Å². The third-order valence-corrected chi connectivity index (χ3v) is 2.04. The van der Waals surface area contributed by atoms with Crippen LogP contribution in [-0.4, -0.2) is 56.5 Å². The van der Waals surface area contributed by atoms with Crippen molar-refractivity contribution < 1.29 is 23.9 Å². The standard InChI is InChI=1S/C10H18N4O5/c1-6(10(18)13-5-9(17)19-2)14-8(16)4-12-7(15)3-11/h6H,3-5,11H2,1-2H3,(H,12,15)(H,13,18)(H,14,16)/t6-/m0/s1. The van der Waals surface area contributed by atoms with Crippen molar-refractivity contribution in [3.05, 3.63) is 0 Å². The van der Waals surface area contributed by atoms with Crippen LogP contribution < -0.4 is 21.7 Å². The number of amides is 3. The van der Waals surface area contributed by atoms with Crippen LogP contribution in [0.5, 0.6) is 0 Å². The summed E-state index contributed by atoms with van der Waals surface area (Å²) in [7, 11) is 1.19. The lowest BCUT2D eigenvalue weighted by atomic mass is 10.3. The first-order valence-corrected chi connectivity index (χ1v) is 5.51. The van der Waals surface area contributed by atoms with Crippen molar-refractivity contribution in [3.8, 4) is 0 Å². The Morgan fingerprint density at radius 2 is 1.74 bits per heavy atom. The molecule has 0 spiro atoms. The Hall–Kier alpha value is -2.16. The second kappa shape index (κ2) is 8.86. The van der Waals surface area contributed by atoms with Crippen molar-refractivity contribution in [2.45, 2.75) is 13.0 Å². The first kappa shape index (κ1) is 16.8. The average Bonchev–Trinajstić information content (AvgIpc) is 2.41. The summed E-state index contributed by atoms with van der Waals surface area (Å²) in [4.78, 5) is 44.4. The van der Waals surface area contributed by atoms with Crippen LogP contribution in [-0.2, 0) is 23.9 Å². The molecule has 0 radical (unpaired) electrons. The normalized spacial score (nSPS) is 11.1. The van der Waals surface area contributed by atoms with Crippen molar-refractivity contribution >= 4 is 23.7 Å². The zero-order valence-corrected chi connectivity index (χ0v) is 10.8. The van der Waals surface area contributed by atoms with Crippen LogP contribution in [0.1, 0.15) is 6.92 Å². The molecule has 9 nitrogen and oxygen atoms in total. The van der Waals surface area contributed by atoms with Crippen LogP contribution in [0.3, 0.4) is 0 Å². The number of hydrogen-bond donors (Lipinski definition) is 4. The van der Waals surface area contributed by atoms with Gasteiger partial charge in [-0.1, -0.05) is 0 Å². The molecule has 3 amide bonds. The van der Waals surface area contributed by atoms with Gasteiger partial charge in [-0.25, -0.2) is 0 Å². The van der Waals surface area contributed by atoms with Crippen molar-refractivity contribution in [1.29, 1.82) is 0 Å². The summed E-state index contributed by atoms with van der Waals surface area (Å²) in [5.41, 5.74) is 5.04. The van der Waals surface area contributed by atoms with Crippen molar-refractivity contribution in [2.75, 3.05) is 26.7 Å². The zero-order chi connectivity index (χ0) is 14.8. The second-order valence-corrected chi connectivity index (χ2v) is 3.56. The fourth-order valence-corrected chi connectivity index (χ4v) is 0.994. The Morgan fingerprint density at radius 1 is 1.11 bits per heavy atom. The number of rotatable bonds is 7. The van der Waals surface area contributed by atoms with E-state index in [1.165, 1.54) is 14.0 Å². The highest BCUT2D eigenvalue weighted by molar-refractivity contribution is 5.91. The smallest absolute Gasteiger partial charge is 0.325 e. The number of carbonyl (C=O) groups is 4. The summed E-state index contributed by atoms with van der Waals surface area (Å²) in [5, 5.41) is 6.88. The van der Waals surface area contributed by atoms with E-state index in [2.05, 4.69) is 20.7 Å². The highest BCUT2D eigenvalue weighted by Crippen LogP contribution is 1.82. The lowest BCUT2D eigenvalue weighted by Gasteiger charge is -2.13. The molecule has 0 saturated heterocycles. The van der Waals surface area contributed by atoms with Crippen molar-refractivity contribution in [1.82, 2.24) is 16.0 Å². The van der Waals surface area contributed by atoms with Gasteiger partial charge in [0.1, 0.15) is 12.6 Å². The van der Waals surface area contributed by atoms with E-state index in [9.17, 15) is 19.2 Å². The van der Waals surface area contributed by atoms with Crippen molar-refractivity contribution in [3.63, 3.8) is 0 Å². The van der Waals surface area contributed by atoms with E-state index >= 15 is 0 Å². The van der Waals surface area contributed by atoms with Crippen LogP contribution in [0, 0.1) is 0 Å². The van der Waals surface area contributed by atoms with Gasteiger partial charge >= 0.3 is 5.97 Å². The van der Waals surface area contributed by atoms with E-state index in [1.54, 1.807) is 0 Å². The molecule has 0 aromatic rings. The molecule has 0 saturated carbocycles. The van der Waals surface area contributed by atoms with Gasteiger partial charge in [-0.3, -0.25) is 19.2 Å². The largest absolute Gasteiger partial charge is 0.468 e. The molecule has 0 aliphatic heterocycles. The van der Waals surface area contributed by atoms with Crippen LogP contribution in [0.4, 0.5) is 0 Å². The van der Waals surface area contributed by atoms with Crippen LogP contribution in [0.25, 0.3) is 0 Å². The Morgan fingerprint density at radius 3 is 2.26 bits per heavy atom. The van der Waals surface area contributed by atoms with Gasteiger partial charge in [-0.05, 0) is 6.92 Å². The molecule has 108 valence electrons. The van der Waals surface area contributed by atoms with Crippen LogP contribution in [0.15, 0.2) is 0 Å². The first-order chi connectivity index (χ1) is 8.90. The van der Waals surface area contributed by atoms with E-state index in [4.69, 9.17) is 5.73 Å². The van der Waals surface area contributed by atoms with Crippen molar-refractivity contribution in [2.24, 2.45) is 5.73 Å². The number of esters is 1. The number of ether oxygens (including phenoxy) is 1. The van der Waals surface area contributed by atoms with Gasteiger partial charge in [-0.2, -0.15) is 0 Å².